The van der Waals surface area contributed by atoms with Crippen LogP contribution in [0.25, 0.3) is 10.9 Å². The lowest BCUT2D eigenvalue weighted by molar-refractivity contribution is -0.140. The Morgan fingerprint density at radius 1 is 1.26 bits per heavy atom. The summed E-state index contributed by atoms with van der Waals surface area (Å²) in [5.74, 6) is 1.26. The lowest BCUT2D eigenvalue weighted by atomic mass is 9.78. The van der Waals surface area contributed by atoms with Gasteiger partial charge in [-0.1, -0.05) is 25.1 Å². The zero-order chi connectivity index (χ0) is 19.0. The molecule has 1 saturated carbocycles. The van der Waals surface area contributed by atoms with E-state index < -0.39 is 0 Å². The smallest absolute Gasteiger partial charge is 0.225 e. The molecule has 1 aliphatic carbocycles. The minimum absolute atomic E-state index is 0.132. The summed E-state index contributed by atoms with van der Waals surface area (Å²) in [6.07, 6.45) is 6.47. The molecule has 2 atom stereocenters. The van der Waals surface area contributed by atoms with Crippen molar-refractivity contribution in [3.8, 4) is 0 Å². The van der Waals surface area contributed by atoms with Crippen LogP contribution in [0.5, 0.6) is 0 Å². The van der Waals surface area contributed by atoms with Crippen LogP contribution in [0.15, 0.2) is 35.5 Å². The van der Waals surface area contributed by atoms with Crippen LogP contribution in [0, 0.1) is 11.8 Å². The first-order valence-corrected chi connectivity index (χ1v) is 9.91. The third kappa shape index (κ3) is 3.48. The number of hydrogen-bond donors (Lipinski definition) is 1. The highest BCUT2D eigenvalue weighted by Gasteiger charge is 2.38. The Labute approximate surface area is 160 Å². The molecule has 1 amide bonds. The van der Waals surface area contributed by atoms with Crippen molar-refractivity contribution >= 4 is 23.0 Å². The van der Waals surface area contributed by atoms with Crippen molar-refractivity contribution in [2.24, 2.45) is 22.6 Å². The molecule has 4 rings (SSSR count). The number of aromatic nitrogens is 1. The topological polar surface area (TPSA) is 71.6 Å². The second kappa shape index (κ2) is 7.39. The van der Waals surface area contributed by atoms with E-state index in [1.54, 1.807) is 7.05 Å². The Morgan fingerprint density at radius 2 is 2.07 bits per heavy atom. The Hall–Kier alpha value is -2.27. The minimum Gasteiger partial charge on any atom is -0.342 e. The molecule has 0 radical (unpaired) electrons. The third-order valence-corrected chi connectivity index (χ3v) is 6.04. The number of hydrogen-bond acceptors (Lipinski definition) is 4. The molecule has 1 aliphatic heterocycles. The maximum absolute atomic E-state index is 12.9. The summed E-state index contributed by atoms with van der Waals surface area (Å²) in [7, 11) is 1.78. The summed E-state index contributed by atoms with van der Waals surface area (Å²) in [4.78, 5) is 23.7. The number of amides is 1. The van der Waals surface area contributed by atoms with E-state index in [1.165, 1.54) is 10.9 Å². The van der Waals surface area contributed by atoms with Crippen LogP contribution < -0.4 is 5.73 Å². The number of pyridine rings is 1. The number of carbonyl (C=O) groups excluding carboxylic acids is 1. The van der Waals surface area contributed by atoms with Gasteiger partial charge in [0.2, 0.25) is 5.91 Å². The van der Waals surface area contributed by atoms with Gasteiger partial charge in [-0.2, -0.15) is 0 Å². The monoisotopic (exact) mass is 364 g/mol. The first-order valence-electron chi connectivity index (χ1n) is 9.91. The lowest BCUT2D eigenvalue weighted by Crippen LogP contribution is -2.50. The van der Waals surface area contributed by atoms with Crippen LogP contribution in [0.2, 0.25) is 0 Å². The van der Waals surface area contributed by atoms with E-state index in [9.17, 15) is 4.79 Å². The second-order valence-corrected chi connectivity index (χ2v) is 8.24. The van der Waals surface area contributed by atoms with E-state index in [2.05, 4.69) is 40.0 Å². The predicted molar refractivity (Wildman–Crippen MR) is 109 cm³/mol. The molecule has 2 heterocycles. The van der Waals surface area contributed by atoms with E-state index in [0.29, 0.717) is 17.7 Å². The highest BCUT2D eigenvalue weighted by Crippen LogP contribution is 2.36. The van der Waals surface area contributed by atoms with Gasteiger partial charge in [-0.3, -0.25) is 14.8 Å². The van der Waals surface area contributed by atoms with Gasteiger partial charge < -0.3 is 10.6 Å². The quantitative estimate of drug-likeness (QED) is 0.851. The zero-order valence-corrected chi connectivity index (χ0v) is 16.1. The molecular formula is C22H28N4O. The molecule has 0 bridgehead atoms. The number of likely N-dealkylation sites (tertiary alicyclic amines) is 1. The van der Waals surface area contributed by atoms with Crippen molar-refractivity contribution in [2.75, 3.05) is 20.1 Å². The molecule has 2 fully saturated rings. The lowest BCUT2D eigenvalue weighted by Gasteiger charge is -2.41. The Balaban J connectivity index is 1.64. The summed E-state index contributed by atoms with van der Waals surface area (Å²) in [6.45, 7) is 3.90. The van der Waals surface area contributed by atoms with E-state index >= 15 is 0 Å². The normalized spacial score (nSPS) is 28.5. The van der Waals surface area contributed by atoms with E-state index in [-0.39, 0.29) is 12.0 Å². The van der Waals surface area contributed by atoms with Crippen molar-refractivity contribution in [3.63, 3.8) is 0 Å². The molecule has 1 saturated heterocycles. The Kier molecular flexibility index (Phi) is 4.96. The van der Waals surface area contributed by atoms with Gasteiger partial charge in [0.25, 0.3) is 0 Å². The van der Waals surface area contributed by atoms with Gasteiger partial charge in [0, 0.05) is 61.4 Å². The molecule has 0 unspecified atom stereocenters. The van der Waals surface area contributed by atoms with Crippen LogP contribution >= 0.6 is 0 Å². The zero-order valence-electron chi connectivity index (χ0n) is 16.1. The summed E-state index contributed by atoms with van der Waals surface area (Å²) >= 11 is 0. The number of nitrogens with two attached hydrogens (primary N) is 1. The maximum Gasteiger partial charge on any atom is 0.225 e. The summed E-state index contributed by atoms with van der Waals surface area (Å²) in [6, 6.07) is 8.64. The first kappa shape index (κ1) is 18.1. The third-order valence-electron chi connectivity index (χ3n) is 6.04. The van der Waals surface area contributed by atoms with Gasteiger partial charge in [-0.05, 0) is 36.8 Å². The van der Waals surface area contributed by atoms with Crippen molar-refractivity contribution in [2.45, 2.75) is 38.1 Å². The summed E-state index contributed by atoms with van der Waals surface area (Å²) < 4.78 is 0. The van der Waals surface area contributed by atoms with Crippen molar-refractivity contribution in [1.82, 2.24) is 9.88 Å². The van der Waals surface area contributed by atoms with Crippen LogP contribution in [0.4, 0.5) is 0 Å². The fourth-order valence-corrected chi connectivity index (χ4v) is 4.69. The fraction of sp³-hybridized carbons (Fsp3) is 0.500. The van der Waals surface area contributed by atoms with E-state index in [4.69, 9.17) is 5.73 Å². The van der Waals surface area contributed by atoms with Gasteiger partial charge in [-0.25, -0.2) is 0 Å². The number of fused-ring (bicyclic) bond motifs is 1. The van der Waals surface area contributed by atoms with Crippen LogP contribution in [0.1, 0.15) is 43.2 Å². The molecule has 1 aromatic heterocycles. The molecule has 1 aromatic carbocycles. The van der Waals surface area contributed by atoms with Gasteiger partial charge in [0.1, 0.15) is 0 Å². The molecule has 142 valence electrons. The molecule has 27 heavy (non-hydrogen) atoms. The number of nitrogens with zero attached hydrogens (tertiary/aromatic N) is 3. The molecule has 2 N–H and O–H groups in total. The first-order chi connectivity index (χ1) is 13.1. The largest absolute Gasteiger partial charge is 0.342 e. The SMILES string of the molecule is CN=Cc1ccc([C@H]2C[C@@H](C)CN(C(=O)C3CC(N)C3)C2)c2cccnc12. The Bertz CT molecular complexity index is 872. The molecule has 2 aliphatic rings. The van der Waals surface area contributed by atoms with Crippen LogP contribution in [-0.4, -0.2) is 48.2 Å². The van der Waals surface area contributed by atoms with Gasteiger partial charge in [0.15, 0.2) is 0 Å². The molecule has 5 nitrogen and oxygen atoms in total. The predicted octanol–water partition coefficient (Wildman–Crippen LogP) is 2.97. The summed E-state index contributed by atoms with van der Waals surface area (Å²) in [5.41, 5.74) is 9.21. The second-order valence-electron chi connectivity index (χ2n) is 8.24. The average Bonchev–Trinajstić information content (AvgIpc) is 2.65. The number of rotatable bonds is 3. The van der Waals surface area contributed by atoms with Crippen molar-refractivity contribution in [3.05, 3.63) is 41.6 Å². The van der Waals surface area contributed by atoms with E-state index in [1.807, 2.05) is 18.5 Å². The van der Waals surface area contributed by atoms with Gasteiger partial charge in [-0.15, -0.1) is 0 Å². The minimum atomic E-state index is 0.132. The number of aliphatic imine (C=N–C) groups is 1. The molecule has 0 spiro atoms. The van der Waals surface area contributed by atoms with Crippen molar-refractivity contribution < 1.29 is 4.79 Å². The molecule has 5 heteroatoms. The van der Waals surface area contributed by atoms with Crippen LogP contribution in [-0.2, 0) is 4.79 Å². The van der Waals surface area contributed by atoms with Crippen molar-refractivity contribution in [1.29, 1.82) is 0 Å². The molecule has 2 aromatic rings. The van der Waals surface area contributed by atoms with Gasteiger partial charge in [0.05, 0.1) is 5.52 Å². The van der Waals surface area contributed by atoms with Crippen LogP contribution in [0.3, 0.4) is 0 Å². The Morgan fingerprint density at radius 3 is 2.81 bits per heavy atom. The standard InChI is InChI=1S/C22H28N4O/c1-14-8-17(13-26(12-14)22(27)16-9-18(23)10-16)19-6-5-15(11-24-2)21-20(19)4-3-7-25-21/h3-7,11,14,16-18H,8-10,12-13,23H2,1-2H3/t14-,16?,17+,18?/m1/s1. The number of piperidine rings is 1. The highest BCUT2D eigenvalue weighted by molar-refractivity contribution is 5.99. The van der Waals surface area contributed by atoms with E-state index in [0.717, 1.165) is 43.4 Å². The number of carbonyl (C=O) groups is 1. The van der Waals surface area contributed by atoms with Gasteiger partial charge >= 0.3 is 0 Å². The maximum atomic E-state index is 12.9. The fourth-order valence-electron chi connectivity index (χ4n) is 4.69. The molecular weight excluding hydrogens is 336 g/mol. The highest BCUT2D eigenvalue weighted by atomic mass is 16.2. The average molecular weight is 364 g/mol. The summed E-state index contributed by atoms with van der Waals surface area (Å²) in [5, 5.41) is 1.17. The number of benzene rings is 1.